The minimum atomic E-state index is -0.628. The van der Waals surface area contributed by atoms with E-state index in [1.807, 2.05) is 62.5 Å². The summed E-state index contributed by atoms with van der Waals surface area (Å²) >= 11 is 0. The van der Waals surface area contributed by atoms with Gasteiger partial charge in [-0.3, -0.25) is 9.59 Å². The van der Waals surface area contributed by atoms with Crippen LogP contribution in [0.5, 0.6) is 0 Å². The number of aryl methyl sites for hydroxylation is 2. The Bertz CT molecular complexity index is 911. The van der Waals surface area contributed by atoms with E-state index < -0.39 is 11.7 Å². The number of anilines is 1. The fraction of sp³-hybridized carbons (Fsp3) is 0.143. The average Bonchev–Trinajstić information content (AvgIpc) is 3.06. The first-order chi connectivity index (χ1) is 12.0. The van der Waals surface area contributed by atoms with Crippen LogP contribution in [0.15, 0.2) is 66.9 Å². The molecule has 0 fully saturated rings. The topological polar surface area (TPSA) is 51.1 Å². The quantitative estimate of drug-likeness (QED) is 0.568. The lowest BCUT2D eigenvalue weighted by Gasteiger charge is -2.10. The molecule has 0 aliphatic rings. The number of carbonyl (C=O) groups excluding carboxylic acids is 2. The maximum absolute atomic E-state index is 12.5. The third-order valence-electron chi connectivity index (χ3n) is 4.23. The van der Waals surface area contributed by atoms with Crippen LogP contribution in [0.1, 0.15) is 27.2 Å². The summed E-state index contributed by atoms with van der Waals surface area (Å²) in [6.07, 6.45) is 1.81. The number of benzene rings is 2. The molecule has 0 bridgehead atoms. The van der Waals surface area contributed by atoms with Gasteiger partial charge in [0.05, 0.1) is 5.69 Å². The Hall–Kier alpha value is -3.14. The molecule has 126 valence electrons. The van der Waals surface area contributed by atoms with Gasteiger partial charge in [0, 0.05) is 18.4 Å². The van der Waals surface area contributed by atoms with E-state index in [1.165, 1.54) is 0 Å². The number of amides is 1. The molecule has 25 heavy (non-hydrogen) atoms. The van der Waals surface area contributed by atoms with Crippen LogP contribution < -0.4 is 5.32 Å². The number of carbonyl (C=O) groups is 2. The van der Waals surface area contributed by atoms with Crippen molar-refractivity contribution >= 4 is 17.4 Å². The normalized spacial score (nSPS) is 10.5. The fourth-order valence-corrected chi connectivity index (χ4v) is 2.66. The summed E-state index contributed by atoms with van der Waals surface area (Å²) in [5, 5.41) is 2.69. The molecule has 0 atom stereocenters. The van der Waals surface area contributed by atoms with Crippen molar-refractivity contribution < 1.29 is 9.59 Å². The maximum Gasteiger partial charge on any atom is 0.298 e. The molecule has 0 unspecified atom stereocenters. The zero-order valence-electron chi connectivity index (χ0n) is 14.3. The SMILES string of the molecule is Cc1ccc(NC(=O)C(=O)c2cccn2Cc2ccccc2)cc1C. The molecule has 3 rings (SSSR count). The summed E-state index contributed by atoms with van der Waals surface area (Å²) in [4.78, 5) is 24.9. The Labute approximate surface area is 147 Å². The van der Waals surface area contributed by atoms with Gasteiger partial charge in [-0.05, 0) is 54.8 Å². The van der Waals surface area contributed by atoms with Gasteiger partial charge in [-0.2, -0.15) is 0 Å². The van der Waals surface area contributed by atoms with E-state index in [2.05, 4.69) is 5.32 Å². The van der Waals surface area contributed by atoms with Crippen molar-refractivity contribution in [1.29, 1.82) is 0 Å². The number of rotatable bonds is 5. The smallest absolute Gasteiger partial charge is 0.298 e. The van der Waals surface area contributed by atoms with Gasteiger partial charge in [-0.25, -0.2) is 0 Å². The van der Waals surface area contributed by atoms with Gasteiger partial charge >= 0.3 is 0 Å². The summed E-state index contributed by atoms with van der Waals surface area (Å²) in [6.45, 7) is 4.52. The molecule has 1 N–H and O–H groups in total. The second kappa shape index (κ2) is 7.18. The predicted molar refractivity (Wildman–Crippen MR) is 98.9 cm³/mol. The third kappa shape index (κ3) is 3.86. The van der Waals surface area contributed by atoms with E-state index in [0.29, 0.717) is 17.9 Å². The van der Waals surface area contributed by atoms with Gasteiger partial charge in [-0.15, -0.1) is 0 Å². The van der Waals surface area contributed by atoms with Crippen LogP contribution in [-0.4, -0.2) is 16.3 Å². The summed E-state index contributed by atoms with van der Waals surface area (Å²) in [5.74, 6) is -1.17. The fourth-order valence-electron chi connectivity index (χ4n) is 2.66. The van der Waals surface area contributed by atoms with E-state index in [-0.39, 0.29) is 0 Å². The number of Topliss-reactive ketones (excluding diaryl/α,β-unsaturated/α-hetero) is 1. The van der Waals surface area contributed by atoms with E-state index in [9.17, 15) is 9.59 Å². The highest BCUT2D eigenvalue weighted by Crippen LogP contribution is 2.15. The van der Waals surface area contributed by atoms with Crippen LogP contribution in [0.4, 0.5) is 5.69 Å². The van der Waals surface area contributed by atoms with E-state index >= 15 is 0 Å². The molecule has 0 spiro atoms. The van der Waals surface area contributed by atoms with Crippen LogP contribution in [0.3, 0.4) is 0 Å². The highest BCUT2D eigenvalue weighted by molar-refractivity contribution is 6.46. The zero-order chi connectivity index (χ0) is 17.8. The largest absolute Gasteiger partial charge is 0.340 e. The molecule has 0 saturated carbocycles. The second-order valence-electron chi connectivity index (χ2n) is 6.09. The van der Waals surface area contributed by atoms with Crippen molar-refractivity contribution in [2.24, 2.45) is 0 Å². The van der Waals surface area contributed by atoms with Gasteiger partial charge in [0.2, 0.25) is 0 Å². The van der Waals surface area contributed by atoms with Gasteiger partial charge in [0.15, 0.2) is 0 Å². The minimum absolute atomic E-state index is 0.380. The Morgan fingerprint density at radius 3 is 2.40 bits per heavy atom. The monoisotopic (exact) mass is 332 g/mol. The number of hydrogen-bond donors (Lipinski definition) is 1. The van der Waals surface area contributed by atoms with Crippen LogP contribution in [0, 0.1) is 13.8 Å². The molecule has 0 aliphatic heterocycles. The maximum atomic E-state index is 12.5. The molecule has 2 aromatic carbocycles. The summed E-state index contributed by atoms with van der Waals surface area (Å²) in [5.41, 5.74) is 4.29. The molecule has 1 heterocycles. The minimum Gasteiger partial charge on any atom is -0.340 e. The van der Waals surface area contributed by atoms with Crippen LogP contribution in [-0.2, 0) is 11.3 Å². The molecule has 0 aliphatic carbocycles. The molecule has 3 aromatic rings. The predicted octanol–water partition coefficient (Wildman–Crippen LogP) is 3.97. The first-order valence-corrected chi connectivity index (χ1v) is 8.16. The Kier molecular flexibility index (Phi) is 4.80. The van der Waals surface area contributed by atoms with Crippen molar-refractivity contribution in [2.45, 2.75) is 20.4 Å². The molecule has 1 aromatic heterocycles. The lowest BCUT2D eigenvalue weighted by atomic mass is 10.1. The van der Waals surface area contributed by atoms with Crippen LogP contribution >= 0.6 is 0 Å². The number of nitrogens with one attached hydrogen (secondary N) is 1. The third-order valence-corrected chi connectivity index (χ3v) is 4.23. The van der Waals surface area contributed by atoms with E-state index in [4.69, 9.17) is 0 Å². The van der Waals surface area contributed by atoms with Crippen molar-refractivity contribution in [3.8, 4) is 0 Å². The summed E-state index contributed by atoms with van der Waals surface area (Å²) in [7, 11) is 0. The Morgan fingerprint density at radius 1 is 0.920 bits per heavy atom. The molecule has 0 saturated heterocycles. The highest BCUT2D eigenvalue weighted by atomic mass is 16.2. The highest BCUT2D eigenvalue weighted by Gasteiger charge is 2.20. The van der Waals surface area contributed by atoms with Crippen molar-refractivity contribution in [1.82, 2.24) is 4.57 Å². The van der Waals surface area contributed by atoms with E-state index in [0.717, 1.165) is 16.7 Å². The number of aromatic nitrogens is 1. The first-order valence-electron chi connectivity index (χ1n) is 8.16. The van der Waals surface area contributed by atoms with Gasteiger partial charge in [-0.1, -0.05) is 36.4 Å². The van der Waals surface area contributed by atoms with Gasteiger partial charge in [0.25, 0.3) is 11.7 Å². The molecule has 4 nitrogen and oxygen atoms in total. The number of nitrogens with zero attached hydrogens (tertiary/aromatic N) is 1. The van der Waals surface area contributed by atoms with Gasteiger partial charge in [0.1, 0.15) is 0 Å². The molecule has 4 heteroatoms. The van der Waals surface area contributed by atoms with Crippen LogP contribution in [0.25, 0.3) is 0 Å². The summed E-state index contributed by atoms with van der Waals surface area (Å²) < 4.78 is 1.79. The Balaban J connectivity index is 1.75. The number of ketones is 1. The van der Waals surface area contributed by atoms with Crippen molar-refractivity contribution in [3.63, 3.8) is 0 Å². The molecular weight excluding hydrogens is 312 g/mol. The number of hydrogen-bond acceptors (Lipinski definition) is 2. The molecular formula is C21H20N2O2. The summed E-state index contributed by atoms with van der Waals surface area (Å²) in [6, 6.07) is 18.9. The van der Waals surface area contributed by atoms with Crippen molar-refractivity contribution in [3.05, 3.63) is 89.2 Å². The molecule has 0 radical (unpaired) electrons. The van der Waals surface area contributed by atoms with E-state index in [1.54, 1.807) is 22.8 Å². The van der Waals surface area contributed by atoms with Crippen LogP contribution in [0.2, 0.25) is 0 Å². The first kappa shape index (κ1) is 16.7. The second-order valence-corrected chi connectivity index (χ2v) is 6.09. The Morgan fingerprint density at radius 2 is 1.68 bits per heavy atom. The standard InChI is InChI=1S/C21H20N2O2/c1-15-10-11-18(13-16(15)2)22-21(25)20(24)19-9-6-12-23(19)14-17-7-4-3-5-8-17/h3-13H,14H2,1-2H3,(H,22,25). The van der Waals surface area contributed by atoms with Crippen molar-refractivity contribution in [2.75, 3.05) is 5.32 Å². The van der Waals surface area contributed by atoms with Gasteiger partial charge < -0.3 is 9.88 Å². The lowest BCUT2D eigenvalue weighted by molar-refractivity contribution is -0.112. The molecule has 1 amide bonds. The lowest BCUT2D eigenvalue weighted by Crippen LogP contribution is -2.25. The zero-order valence-corrected chi connectivity index (χ0v) is 14.3. The average molecular weight is 332 g/mol.